The number of furan rings is 1. The Morgan fingerprint density at radius 2 is 2.11 bits per heavy atom. The van der Waals surface area contributed by atoms with Crippen LogP contribution in [-0.4, -0.2) is 19.8 Å². The van der Waals surface area contributed by atoms with Gasteiger partial charge in [-0.25, -0.2) is 0 Å². The Bertz CT molecular complexity index is 518. The second kappa shape index (κ2) is 5.55. The Morgan fingerprint density at radius 3 is 2.78 bits per heavy atom. The van der Waals surface area contributed by atoms with Crippen molar-refractivity contribution in [3.8, 4) is 0 Å². The van der Waals surface area contributed by atoms with Crippen LogP contribution < -0.4 is 5.32 Å². The van der Waals surface area contributed by atoms with Gasteiger partial charge >= 0.3 is 0 Å². The van der Waals surface area contributed by atoms with Crippen LogP contribution >= 0.6 is 0 Å². The van der Waals surface area contributed by atoms with E-state index in [1.807, 2.05) is 20.0 Å². The summed E-state index contributed by atoms with van der Waals surface area (Å²) in [7, 11) is 1.93. The molecule has 2 aromatic rings. The maximum Gasteiger partial charge on any atom is 0.134 e. The third-order valence-electron chi connectivity index (χ3n) is 3.21. The van der Waals surface area contributed by atoms with E-state index < -0.39 is 0 Å². The first-order valence-corrected chi connectivity index (χ1v) is 6.44. The Labute approximate surface area is 108 Å². The van der Waals surface area contributed by atoms with Crippen LogP contribution in [-0.2, 0) is 4.74 Å². The SMILES string of the molecule is CCOC(C)C(NC)c1cc2cc(C)ccc2o1. The lowest BCUT2D eigenvalue weighted by Crippen LogP contribution is -2.29. The van der Waals surface area contributed by atoms with Crippen molar-refractivity contribution >= 4 is 11.0 Å². The average Bonchev–Trinajstić information content (AvgIpc) is 2.72. The number of ether oxygens (including phenoxy) is 1. The summed E-state index contributed by atoms with van der Waals surface area (Å²) in [5.74, 6) is 0.930. The van der Waals surface area contributed by atoms with Gasteiger partial charge in [-0.05, 0) is 46.0 Å². The summed E-state index contributed by atoms with van der Waals surface area (Å²) in [6.45, 7) is 6.86. The molecule has 1 aromatic heterocycles. The van der Waals surface area contributed by atoms with Crippen LogP contribution in [0.2, 0.25) is 0 Å². The van der Waals surface area contributed by atoms with E-state index in [1.165, 1.54) is 5.56 Å². The van der Waals surface area contributed by atoms with E-state index >= 15 is 0 Å². The van der Waals surface area contributed by atoms with Crippen molar-refractivity contribution in [1.29, 1.82) is 0 Å². The highest BCUT2D eigenvalue weighted by Crippen LogP contribution is 2.27. The standard InChI is InChI=1S/C15H21NO2/c1-5-17-11(3)15(16-4)14-9-12-8-10(2)6-7-13(12)18-14/h6-9,11,15-16H,5H2,1-4H3. The number of likely N-dealkylation sites (N-methyl/N-ethyl adjacent to an activating group) is 1. The predicted molar refractivity (Wildman–Crippen MR) is 73.8 cm³/mol. The molecule has 0 aliphatic carbocycles. The monoisotopic (exact) mass is 247 g/mol. The summed E-state index contributed by atoms with van der Waals surface area (Å²) in [5, 5.41) is 4.41. The average molecular weight is 247 g/mol. The lowest BCUT2D eigenvalue weighted by molar-refractivity contribution is 0.0440. The highest BCUT2D eigenvalue weighted by Gasteiger charge is 2.21. The van der Waals surface area contributed by atoms with Crippen molar-refractivity contribution in [1.82, 2.24) is 5.32 Å². The van der Waals surface area contributed by atoms with Crippen molar-refractivity contribution in [2.75, 3.05) is 13.7 Å². The maximum absolute atomic E-state index is 5.90. The summed E-state index contributed by atoms with van der Waals surface area (Å²) in [5.41, 5.74) is 2.17. The van der Waals surface area contributed by atoms with Crippen molar-refractivity contribution < 1.29 is 9.15 Å². The molecular formula is C15H21NO2. The molecule has 3 heteroatoms. The van der Waals surface area contributed by atoms with Crippen LogP contribution in [0.5, 0.6) is 0 Å². The largest absolute Gasteiger partial charge is 0.459 e. The molecule has 2 rings (SSSR count). The van der Waals surface area contributed by atoms with Crippen molar-refractivity contribution in [3.63, 3.8) is 0 Å². The van der Waals surface area contributed by atoms with E-state index in [1.54, 1.807) is 0 Å². The summed E-state index contributed by atoms with van der Waals surface area (Å²) in [6, 6.07) is 8.40. The van der Waals surface area contributed by atoms with Crippen LogP contribution in [0.4, 0.5) is 0 Å². The fourth-order valence-electron chi connectivity index (χ4n) is 2.30. The highest BCUT2D eigenvalue weighted by molar-refractivity contribution is 5.78. The van der Waals surface area contributed by atoms with Crippen molar-refractivity contribution in [2.24, 2.45) is 0 Å². The third kappa shape index (κ3) is 2.57. The van der Waals surface area contributed by atoms with Crippen LogP contribution in [0.15, 0.2) is 28.7 Å². The van der Waals surface area contributed by atoms with Gasteiger partial charge in [0, 0.05) is 12.0 Å². The van der Waals surface area contributed by atoms with Gasteiger partial charge in [0.25, 0.3) is 0 Å². The van der Waals surface area contributed by atoms with Crippen molar-refractivity contribution in [2.45, 2.75) is 32.9 Å². The molecule has 3 nitrogen and oxygen atoms in total. The van der Waals surface area contributed by atoms with Gasteiger partial charge in [0.1, 0.15) is 11.3 Å². The lowest BCUT2D eigenvalue weighted by Gasteiger charge is -2.21. The smallest absolute Gasteiger partial charge is 0.134 e. The minimum absolute atomic E-state index is 0.0812. The van der Waals surface area contributed by atoms with E-state index in [0.717, 1.165) is 16.7 Å². The number of hydrogen-bond acceptors (Lipinski definition) is 3. The molecule has 0 spiro atoms. The summed E-state index contributed by atoms with van der Waals surface area (Å²) in [4.78, 5) is 0. The van der Waals surface area contributed by atoms with Crippen molar-refractivity contribution in [3.05, 3.63) is 35.6 Å². The molecule has 1 heterocycles. The van der Waals surface area contributed by atoms with E-state index in [9.17, 15) is 0 Å². The minimum Gasteiger partial charge on any atom is -0.459 e. The molecule has 0 saturated heterocycles. The molecule has 0 aliphatic heterocycles. The molecule has 2 unspecified atom stereocenters. The Morgan fingerprint density at radius 1 is 1.33 bits per heavy atom. The van der Waals surface area contributed by atoms with Gasteiger partial charge in [0.2, 0.25) is 0 Å². The first-order valence-electron chi connectivity index (χ1n) is 6.44. The van der Waals surface area contributed by atoms with Gasteiger partial charge < -0.3 is 14.5 Å². The van der Waals surface area contributed by atoms with Gasteiger partial charge in [-0.1, -0.05) is 11.6 Å². The summed E-state index contributed by atoms with van der Waals surface area (Å²) < 4.78 is 11.5. The summed E-state index contributed by atoms with van der Waals surface area (Å²) in [6.07, 6.45) is 0.0849. The molecule has 0 fully saturated rings. The maximum atomic E-state index is 5.90. The van der Waals surface area contributed by atoms with Crippen LogP contribution in [0, 0.1) is 6.92 Å². The number of nitrogens with one attached hydrogen (secondary N) is 1. The molecular weight excluding hydrogens is 226 g/mol. The second-order valence-corrected chi connectivity index (χ2v) is 4.62. The lowest BCUT2D eigenvalue weighted by atomic mass is 10.1. The van der Waals surface area contributed by atoms with Gasteiger partial charge in [0.15, 0.2) is 0 Å². The number of rotatable bonds is 5. The molecule has 0 bridgehead atoms. The van der Waals surface area contributed by atoms with Gasteiger partial charge in [-0.2, -0.15) is 0 Å². The Kier molecular flexibility index (Phi) is 4.04. The highest BCUT2D eigenvalue weighted by atomic mass is 16.5. The van der Waals surface area contributed by atoms with E-state index in [0.29, 0.717) is 6.61 Å². The van der Waals surface area contributed by atoms with E-state index in [-0.39, 0.29) is 12.1 Å². The van der Waals surface area contributed by atoms with Gasteiger partial charge in [-0.3, -0.25) is 0 Å². The normalized spacial score (nSPS) is 14.9. The zero-order valence-electron chi connectivity index (χ0n) is 11.5. The molecule has 1 N–H and O–H groups in total. The number of fused-ring (bicyclic) bond motifs is 1. The van der Waals surface area contributed by atoms with Gasteiger partial charge in [0.05, 0.1) is 12.1 Å². The zero-order valence-corrected chi connectivity index (χ0v) is 11.5. The van der Waals surface area contributed by atoms with Crippen LogP contribution in [0.3, 0.4) is 0 Å². The third-order valence-corrected chi connectivity index (χ3v) is 3.21. The fraction of sp³-hybridized carbons (Fsp3) is 0.467. The fourth-order valence-corrected chi connectivity index (χ4v) is 2.30. The van der Waals surface area contributed by atoms with Gasteiger partial charge in [-0.15, -0.1) is 0 Å². The van der Waals surface area contributed by atoms with Crippen LogP contribution in [0.1, 0.15) is 31.2 Å². The zero-order chi connectivity index (χ0) is 13.1. The summed E-state index contributed by atoms with van der Waals surface area (Å²) >= 11 is 0. The topological polar surface area (TPSA) is 34.4 Å². The molecule has 18 heavy (non-hydrogen) atoms. The Balaban J connectivity index is 2.33. The molecule has 0 saturated carbocycles. The second-order valence-electron chi connectivity index (χ2n) is 4.62. The number of aryl methyl sites for hydroxylation is 1. The minimum atomic E-state index is 0.0812. The van der Waals surface area contributed by atoms with E-state index in [4.69, 9.17) is 9.15 Å². The molecule has 0 aliphatic rings. The van der Waals surface area contributed by atoms with E-state index in [2.05, 4.69) is 37.4 Å². The molecule has 0 amide bonds. The predicted octanol–water partition coefficient (Wildman–Crippen LogP) is 3.43. The molecule has 0 radical (unpaired) electrons. The molecule has 1 aromatic carbocycles. The van der Waals surface area contributed by atoms with Crippen LogP contribution in [0.25, 0.3) is 11.0 Å². The first kappa shape index (κ1) is 13.1. The number of hydrogen-bond donors (Lipinski definition) is 1. The molecule has 98 valence electrons. The Hall–Kier alpha value is -1.32. The number of benzene rings is 1. The quantitative estimate of drug-likeness (QED) is 0.879. The first-order chi connectivity index (χ1) is 8.65. The molecule has 2 atom stereocenters.